The van der Waals surface area contributed by atoms with Crippen molar-refractivity contribution in [2.24, 2.45) is 5.92 Å². The van der Waals surface area contributed by atoms with Crippen molar-refractivity contribution in [2.75, 3.05) is 20.7 Å². The highest BCUT2D eigenvalue weighted by atomic mass is 16.5. The first-order valence-corrected chi connectivity index (χ1v) is 8.49. The lowest BCUT2D eigenvalue weighted by molar-refractivity contribution is 0.0488. The minimum atomic E-state index is -0.187. The number of nitrogens with zero attached hydrogens (tertiary/aromatic N) is 3. The van der Waals surface area contributed by atoms with Gasteiger partial charge in [0, 0.05) is 6.54 Å². The molecule has 2 atom stereocenters. The minimum Gasteiger partial charge on any atom is -0.496 e. The number of hydrogen-bond acceptors (Lipinski definition) is 6. The average Bonchev–Trinajstić information content (AvgIpc) is 3.05. The lowest BCUT2D eigenvalue weighted by Crippen LogP contribution is -2.34. The fourth-order valence-electron chi connectivity index (χ4n) is 3.34. The van der Waals surface area contributed by atoms with E-state index in [0.717, 1.165) is 31.4 Å². The monoisotopic (exact) mass is 331 g/mol. The van der Waals surface area contributed by atoms with Crippen molar-refractivity contribution in [1.29, 1.82) is 0 Å². The van der Waals surface area contributed by atoms with Crippen molar-refractivity contribution in [1.82, 2.24) is 15.1 Å². The predicted molar refractivity (Wildman–Crippen MR) is 90.6 cm³/mol. The number of aromatic nitrogens is 2. The average molecular weight is 331 g/mol. The van der Waals surface area contributed by atoms with E-state index in [4.69, 9.17) is 9.15 Å². The van der Waals surface area contributed by atoms with Crippen LogP contribution in [-0.2, 0) is 6.54 Å². The van der Waals surface area contributed by atoms with Gasteiger partial charge in [-0.2, -0.15) is 0 Å². The summed E-state index contributed by atoms with van der Waals surface area (Å²) in [6, 6.07) is 7.59. The van der Waals surface area contributed by atoms with Crippen LogP contribution in [0.25, 0.3) is 11.5 Å². The van der Waals surface area contributed by atoms with Gasteiger partial charge in [-0.05, 0) is 37.9 Å². The molecule has 1 heterocycles. The first kappa shape index (κ1) is 16.9. The molecule has 6 heteroatoms. The lowest BCUT2D eigenvalue weighted by atomic mass is 9.86. The molecule has 0 radical (unpaired) electrons. The summed E-state index contributed by atoms with van der Waals surface area (Å²) in [6.45, 7) is 1.42. The van der Waals surface area contributed by atoms with E-state index in [9.17, 15) is 5.11 Å². The summed E-state index contributed by atoms with van der Waals surface area (Å²) in [5.41, 5.74) is 0.795. The van der Waals surface area contributed by atoms with Crippen molar-refractivity contribution in [2.45, 2.75) is 38.3 Å². The second-order valence-electron chi connectivity index (χ2n) is 6.51. The Labute approximate surface area is 142 Å². The van der Waals surface area contributed by atoms with E-state index in [-0.39, 0.29) is 6.10 Å². The van der Waals surface area contributed by atoms with E-state index < -0.39 is 0 Å². The molecule has 1 aliphatic carbocycles. The van der Waals surface area contributed by atoms with E-state index in [1.807, 2.05) is 31.3 Å². The number of para-hydroxylation sites is 1. The van der Waals surface area contributed by atoms with Gasteiger partial charge >= 0.3 is 0 Å². The predicted octanol–water partition coefficient (Wildman–Crippen LogP) is 2.73. The highest BCUT2D eigenvalue weighted by Crippen LogP contribution is 2.29. The molecular formula is C18H25N3O3. The third-order valence-electron chi connectivity index (χ3n) is 4.62. The number of rotatable bonds is 6. The van der Waals surface area contributed by atoms with Gasteiger partial charge in [-0.15, -0.1) is 10.2 Å². The van der Waals surface area contributed by atoms with Gasteiger partial charge in [0.25, 0.3) is 5.89 Å². The van der Waals surface area contributed by atoms with Crippen LogP contribution in [0.3, 0.4) is 0 Å². The van der Waals surface area contributed by atoms with Crippen LogP contribution in [-0.4, -0.2) is 47.0 Å². The maximum Gasteiger partial charge on any atom is 0.251 e. The highest BCUT2D eigenvalue weighted by Gasteiger charge is 2.24. The zero-order valence-corrected chi connectivity index (χ0v) is 14.3. The van der Waals surface area contributed by atoms with Gasteiger partial charge in [-0.25, -0.2) is 0 Å². The summed E-state index contributed by atoms with van der Waals surface area (Å²) >= 11 is 0. The molecular weight excluding hydrogens is 306 g/mol. The second-order valence-corrected chi connectivity index (χ2v) is 6.51. The summed E-state index contributed by atoms with van der Waals surface area (Å²) in [7, 11) is 3.65. The largest absolute Gasteiger partial charge is 0.496 e. The van der Waals surface area contributed by atoms with Gasteiger partial charge in [-0.1, -0.05) is 25.0 Å². The first-order valence-electron chi connectivity index (χ1n) is 8.49. The molecule has 1 fully saturated rings. The maximum atomic E-state index is 10.1. The number of hydrogen-bond donors (Lipinski definition) is 1. The molecule has 0 spiro atoms. The highest BCUT2D eigenvalue weighted by molar-refractivity contribution is 5.62. The van der Waals surface area contributed by atoms with Crippen molar-refractivity contribution < 1.29 is 14.3 Å². The Morgan fingerprint density at radius 1 is 1.25 bits per heavy atom. The molecule has 130 valence electrons. The molecule has 2 aromatic rings. The van der Waals surface area contributed by atoms with Gasteiger partial charge in [0.2, 0.25) is 5.89 Å². The summed E-state index contributed by atoms with van der Waals surface area (Å²) in [5, 5.41) is 18.4. The topological polar surface area (TPSA) is 71.6 Å². The quantitative estimate of drug-likeness (QED) is 0.877. The van der Waals surface area contributed by atoms with E-state index >= 15 is 0 Å². The number of benzene rings is 1. The van der Waals surface area contributed by atoms with Crippen LogP contribution in [0.4, 0.5) is 0 Å². The standard InChI is InChI=1S/C18H25N3O3/c1-21(11-13-7-3-5-9-15(13)22)12-17-19-20-18(24-17)14-8-4-6-10-16(14)23-2/h4,6,8,10,13,15,22H,3,5,7,9,11-12H2,1-2H3. The molecule has 0 saturated heterocycles. The van der Waals surface area contributed by atoms with E-state index in [0.29, 0.717) is 30.0 Å². The Morgan fingerprint density at radius 3 is 2.83 bits per heavy atom. The van der Waals surface area contributed by atoms with Crippen LogP contribution in [0, 0.1) is 5.92 Å². The van der Waals surface area contributed by atoms with Gasteiger partial charge in [0.05, 0.1) is 25.3 Å². The second kappa shape index (κ2) is 7.77. The van der Waals surface area contributed by atoms with Crippen molar-refractivity contribution in [3.63, 3.8) is 0 Å². The van der Waals surface area contributed by atoms with Crippen LogP contribution in [0.1, 0.15) is 31.6 Å². The van der Waals surface area contributed by atoms with Crippen LogP contribution in [0.15, 0.2) is 28.7 Å². The fourth-order valence-corrected chi connectivity index (χ4v) is 3.34. The van der Waals surface area contributed by atoms with Crippen LogP contribution < -0.4 is 4.74 Å². The van der Waals surface area contributed by atoms with Gasteiger partial charge in [-0.3, -0.25) is 4.90 Å². The van der Waals surface area contributed by atoms with Crippen LogP contribution in [0.5, 0.6) is 5.75 Å². The first-order chi connectivity index (χ1) is 11.7. The van der Waals surface area contributed by atoms with E-state index in [1.54, 1.807) is 7.11 Å². The molecule has 0 amide bonds. The van der Waals surface area contributed by atoms with Crippen molar-refractivity contribution in [3.8, 4) is 17.2 Å². The summed E-state index contributed by atoms with van der Waals surface area (Å²) in [4.78, 5) is 2.14. The Hall–Kier alpha value is -1.92. The van der Waals surface area contributed by atoms with Crippen molar-refractivity contribution in [3.05, 3.63) is 30.2 Å². The summed E-state index contributed by atoms with van der Waals surface area (Å²) < 4.78 is 11.1. The smallest absolute Gasteiger partial charge is 0.251 e. The molecule has 0 bridgehead atoms. The van der Waals surface area contributed by atoms with Crippen molar-refractivity contribution >= 4 is 0 Å². The molecule has 1 saturated carbocycles. The maximum absolute atomic E-state index is 10.1. The molecule has 2 unspecified atom stereocenters. The van der Waals surface area contributed by atoms with E-state index in [1.165, 1.54) is 6.42 Å². The Bertz CT molecular complexity index is 658. The molecule has 6 nitrogen and oxygen atoms in total. The Morgan fingerprint density at radius 2 is 2.04 bits per heavy atom. The molecule has 1 aliphatic rings. The lowest BCUT2D eigenvalue weighted by Gasteiger charge is -2.30. The molecule has 1 aromatic heterocycles. The third kappa shape index (κ3) is 3.94. The Kier molecular flexibility index (Phi) is 5.48. The fraction of sp³-hybridized carbons (Fsp3) is 0.556. The van der Waals surface area contributed by atoms with E-state index in [2.05, 4.69) is 15.1 Å². The molecule has 1 N–H and O–H groups in total. The normalized spacial score (nSPS) is 21.2. The summed E-state index contributed by atoms with van der Waals surface area (Å²) in [6.07, 6.45) is 4.15. The minimum absolute atomic E-state index is 0.187. The molecule has 0 aliphatic heterocycles. The molecule has 1 aromatic carbocycles. The van der Waals surface area contributed by atoms with Gasteiger partial charge < -0.3 is 14.3 Å². The number of ether oxygens (including phenoxy) is 1. The van der Waals surface area contributed by atoms with Gasteiger partial charge in [0.1, 0.15) is 5.75 Å². The molecule has 3 rings (SSSR count). The Balaban J connectivity index is 1.63. The van der Waals surface area contributed by atoms with Crippen LogP contribution in [0.2, 0.25) is 0 Å². The third-order valence-corrected chi connectivity index (χ3v) is 4.62. The number of methoxy groups -OCH3 is 1. The molecule has 24 heavy (non-hydrogen) atoms. The van der Waals surface area contributed by atoms with Crippen LogP contribution >= 0.6 is 0 Å². The number of aliphatic hydroxyl groups excluding tert-OH is 1. The van der Waals surface area contributed by atoms with Gasteiger partial charge in [0.15, 0.2) is 0 Å². The zero-order chi connectivity index (χ0) is 16.9. The summed E-state index contributed by atoms with van der Waals surface area (Å²) in [5.74, 6) is 2.09. The zero-order valence-electron chi connectivity index (χ0n) is 14.3. The SMILES string of the molecule is COc1ccccc1-c1nnc(CN(C)CC2CCCCC2O)o1. The number of aliphatic hydroxyl groups is 1.